The molecule has 1 N–H and O–H groups in total. The average Bonchev–Trinajstić information content (AvgIpc) is 2.65. The zero-order valence-corrected chi connectivity index (χ0v) is 17.4. The van der Waals surface area contributed by atoms with Gasteiger partial charge >= 0.3 is 0 Å². The van der Waals surface area contributed by atoms with Gasteiger partial charge in [-0.2, -0.15) is 0 Å². The van der Waals surface area contributed by atoms with E-state index in [-0.39, 0.29) is 6.79 Å². The van der Waals surface area contributed by atoms with Crippen LogP contribution >= 0.6 is 0 Å². The number of aliphatic hydroxyl groups excluding tert-OH is 1. The van der Waals surface area contributed by atoms with Crippen molar-refractivity contribution in [2.75, 3.05) is 21.0 Å². The third-order valence-corrected chi connectivity index (χ3v) is 4.24. The van der Waals surface area contributed by atoms with Crippen molar-refractivity contribution in [2.24, 2.45) is 5.92 Å². The third kappa shape index (κ3) is 9.51. The highest BCUT2D eigenvalue weighted by Gasteiger charge is 2.18. The molecule has 0 aliphatic rings. The second kappa shape index (κ2) is 13.2. The van der Waals surface area contributed by atoms with Crippen LogP contribution in [-0.2, 0) is 4.74 Å². The van der Waals surface area contributed by atoms with Gasteiger partial charge in [0.25, 0.3) is 0 Å². The molecule has 0 aliphatic heterocycles. The van der Waals surface area contributed by atoms with E-state index in [0.717, 1.165) is 31.2 Å². The van der Waals surface area contributed by atoms with E-state index in [4.69, 9.17) is 14.2 Å². The van der Waals surface area contributed by atoms with Crippen LogP contribution in [0.3, 0.4) is 0 Å². The maximum absolute atomic E-state index is 10.7. The lowest BCUT2D eigenvalue weighted by Crippen LogP contribution is -2.08. The van der Waals surface area contributed by atoms with Crippen LogP contribution in [0.1, 0.15) is 64.5 Å². The minimum atomic E-state index is -0.618. The van der Waals surface area contributed by atoms with Gasteiger partial charge in [0.1, 0.15) is 11.5 Å². The fourth-order valence-corrected chi connectivity index (χ4v) is 2.72. The first-order valence-corrected chi connectivity index (χ1v) is 9.54. The predicted molar refractivity (Wildman–Crippen MR) is 110 cm³/mol. The van der Waals surface area contributed by atoms with Crippen molar-refractivity contribution in [3.05, 3.63) is 35.4 Å². The van der Waals surface area contributed by atoms with E-state index in [2.05, 4.69) is 38.7 Å². The van der Waals surface area contributed by atoms with Crippen molar-refractivity contribution in [1.82, 2.24) is 0 Å². The SMILES string of the molecule is COCOc1ccc(OC)cc1C(O)C[C@@H](C)CCC#CCCC=C(C)C. The van der Waals surface area contributed by atoms with Crippen LogP contribution in [0.4, 0.5) is 0 Å². The molecule has 0 fully saturated rings. The van der Waals surface area contributed by atoms with E-state index in [0.29, 0.717) is 23.8 Å². The number of aliphatic hydroxyl groups is 1. The maximum Gasteiger partial charge on any atom is 0.188 e. The van der Waals surface area contributed by atoms with Crippen LogP contribution in [0.2, 0.25) is 0 Å². The molecule has 27 heavy (non-hydrogen) atoms. The predicted octanol–water partition coefficient (Wildman–Crippen LogP) is 5.27. The number of unbranched alkanes of at least 4 members (excludes halogenated alkanes) is 1. The molecule has 2 atom stereocenters. The van der Waals surface area contributed by atoms with E-state index < -0.39 is 6.10 Å². The fourth-order valence-electron chi connectivity index (χ4n) is 2.72. The number of benzene rings is 1. The molecule has 0 aliphatic carbocycles. The van der Waals surface area contributed by atoms with Gasteiger partial charge in [0, 0.05) is 25.5 Å². The minimum Gasteiger partial charge on any atom is -0.497 e. The van der Waals surface area contributed by atoms with Gasteiger partial charge in [0.15, 0.2) is 6.79 Å². The highest BCUT2D eigenvalue weighted by molar-refractivity contribution is 5.41. The second-order valence-corrected chi connectivity index (χ2v) is 7.02. The topological polar surface area (TPSA) is 47.9 Å². The first-order valence-electron chi connectivity index (χ1n) is 9.54. The zero-order chi connectivity index (χ0) is 20.1. The zero-order valence-electron chi connectivity index (χ0n) is 17.4. The molecule has 1 rings (SSSR count). The van der Waals surface area contributed by atoms with Gasteiger partial charge in [-0.25, -0.2) is 0 Å². The van der Waals surface area contributed by atoms with Crippen molar-refractivity contribution in [1.29, 1.82) is 0 Å². The third-order valence-electron chi connectivity index (χ3n) is 4.24. The summed E-state index contributed by atoms with van der Waals surface area (Å²) in [5.74, 6) is 8.13. The summed E-state index contributed by atoms with van der Waals surface area (Å²) in [6, 6.07) is 5.44. The van der Waals surface area contributed by atoms with Gasteiger partial charge in [-0.15, -0.1) is 11.8 Å². The summed E-state index contributed by atoms with van der Waals surface area (Å²) in [7, 11) is 3.18. The van der Waals surface area contributed by atoms with Crippen LogP contribution in [0, 0.1) is 17.8 Å². The number of rotatable bonds is 11. The molecule has 4 nitrogen and oxygen atoms in total. The molecular weight excluding hydrogens is 340 g/mol. The Hall–Kier alpha value is -1.96. The lowest BCUT2D eigenvalue weighted by Gasteiger charge is -2.19. The first kappa shape index (κ1) is 23.1. The molecule has 0 bridgehead atoms. The van der Waals surface area contributed by atoms with E-state index in [9.17, 15) is 5.11 Å². The molecule has 1 unspecified atom stereocenters. The van der Waals surface area contributed by atoms with E-state index in [1.165, 1.54) is 5.57 Å². The van der Waals surface area contributed by atoms with E-state index >= 15 is 0 Å². The van der Waals surface area contributed by atoms with Crippen molar-refractivity contribution in [3.8, 4) is 23.3 Å². The average molecular weight is 375 g/mol. The van der Waals surface area contributed by atoms with Gasteiger partial charge in [0.05, 0.1) is 13.2 Å². The van der Waals surface area contributed by atoms with Crippen molar-refractivity contribution in [2.45, 2.75) is 59.0 Å². The molecule has 0 amide bonds. The van der Waals surface area contributed by atoms with Gasteiger partial charge in [-0.1, -0.05) is 18.6 Å². The summed E-state index contributed by atoms with van der Waals surface area (Å²) in [6.07, 6.45) is 5.99. The highest BCUT2D eigenvalue weighted by Crippen LogP contribution is 2.33. The smallest absolute Gasteiger partial charge is 0.188 e. The number of allylic oxidation sites excluding steroid dienone is 2. The standard InChI is InChI=1S/C23H34O4/c1-18(2)11-9-7-6-8-10-12-19(3)15-22(24)21-16-20(26-5)13-14-23(21)27-17-25-4/h11,13-14,16,19,22,24H,7,9-10,12,15,17H2,1-5H3/t19-,22?/m0/s1. The van der Waals surface area contributed by atoms with Gasteiger partial charge < -0.3 is 19.3 Å². The maximum atomic E-state index is 10.7. The number of hydrogen-bond donors (Lipinski definition) is 1. The van der Waals surface area contributed by atoms with Crippen molar-refractivity contribution in [3.63, 3.8) is 0 Å². The van der Waals surface area contributed by atoms with Crippen molar-refractivity contribution < 1.29 is 19.3 Å². The molecule has 1 aromatic carbocycles. The van der Waals surface area contributed by atoms with Crippen LogP contribution in [0.25, 0.3) is 0 Å². The monoisotopic (exact) mass is 374 g/mol. The molecule has 1 aromatic rings. The molecule has 0 radical (unpaired) electrons. The van der Waals surface area contributed by atoms with Gasteiger partial charge in [0.2, 0.25) is 0 Å². The normalized spacial score (nSPS) is 12.5. The second-order valence-electron chi connectivity index (χ2n) is 7.02. The Morgan fingerprint density at radius 1 is 1.19 bits per heavy atom. The van der Waals surface area contributed by atoms with Crippen LogP contribution in [0.15, 0.2) is 29.8 Å². The molecule has 150 valence electrons. The molecule has 0 heterocycles. The lowest BCUT2D eigenvalue weighted by atomic mass is 9.94. The summed E-state index contributed by atoms with van der Waals surface area (Å²) in [5.41, 5.74) is 2.07. The Balaban J connectivity index is 2.55. The van der Waals surface area contributed by atoms with E-state index in [1.54, 1.807) is 20.3 Å². The Kier molecular flexibility index (Phi) is 11.3. The van der Waals surface area contributed by atoms with Crippen LogP contribution in [0.5, 0.6) is 11.5 Å². The Bertz CT molecular complexity index is 636. The first-order chi connectivity index (χ1) is 13.0. The fraction of sp³-hybridized carbons (Fsp3) is 0.565. The Labute approximate surface area is 164 Å². The molecule has 4 heteroatoms. The van der Waals surface area contributed by atoms with Crippen LogP contribution in [-0.4, -0.2) is 26.1 Å². The van der Waals surface area contributed by atoms with Gasteiger partial charge in [-0.05, 0) is 57.2 Å². The largest absolute Gasteiger partial charge is 0.497 e. The Morgan fingerprint density at radius 3 is 2.59 bits per heavy atom. The minimum absolute atomic E-state index is 0.143. The molecule has 0 aromatic heterocycles. The van der Waals surface area contributed by atoms with Crippen molar-refractivity contribution >= 4 is 0 Å². The number of hydrogen-bond acceptors (Lipinski definition) is 4. The summed E-state index contributed by atoms with van der Waals surface area (Å²) in [6.45, 7) is 6.50. The summed E-state index contributed by atoms with van der Waals surface area (Å²) in [5, 5.41) is 10.7. The lowest BCUT2D eigenvalue weighted by molar-refractivity contribution is 0.0471. The molecular formula is C23H34O4. The molecule has 0 spiro atoms. The summed E-state index contributed by atoms with van der Waals surface area (Å²) in [4.78, 5) is 0. The van der Waals surface area contributed by atoms with Crippen LogP contribution < -0.4 is 9.47 Å². The molecule has 0 saturated heterocycles. The molecule has 0 saturated carbocycles. The summed E-state index contributed by atoms with van der Waals surface area (Å²) >= 11 is 0. The van der Waals surface area contributed by atoms with Gasteiger partial charge in [-0.3, -0.25) is 0 Å². The summed E-state index contributed by atoms with van der Waals surface area (Å²) < 4.78 is 15.8. The number of ether oxygens (including phenoxy) is 3. The number of methoxy groups -OCH3 is 2. The van der Waals surface area contributed by atoms with E-state index in [1.807, 2.05) is 12.1 Å². The Morgan fingerprint density at radius 2 is 1.93 bits per heavy atom. The highest BCUT2D eigenvalue weighted by atomic mass is 16.7. The quantitative estimate of drug-likeness (QED) is 0.248.